The fraction of sp³-hybridized carbons (Fsp3) is 0.216. The molecule has 0 unspecified atom stereocenters. The summed E-state index contributed by atoms with van der Waals surface area (Å²) in [5, 5.41) is 15.3. The topological polar surface area (TPSA) is 14.8 Å². The highest BCUT2D eigenvalue weighted by molar-refractivity contribution is 6.26. The van der Waals surface area contributed by atoms with Crippen LogP contribution in [0.5, 0.6) is 0 Å². The maximum absolute atomic E-state index is 2.56. The highest BCUT2D eigenvalue weighted by atomic mass is 15.0. The van der Waals surface area contributed by atoms with Crippen molar-refractivity contribution in [2.75, 3.05) is 0 Å². The van der Waals surface area contributed by atoms with E-state index >= 15 is 0 Å². The average molecular weight is 998 g/mol. The highest BCUT2D eigenvalue weighted by Crippen LogP contribution is 2.45. The van der Waals surface area contributed by atoms with Crippen LogP contribution in [0.1, 0.15) is 105 Å². The number of benzene rings is 11. The minimum absolute atomic E-state index is 0.0132. The molecule has 3 nitrogen and oxygen atoms in total. The predicted octanol–water partition coefficient (Wildman–Crippen LogP) is 20.7. The molecule has 3 heteroatoms. The molecule has 0 amide bonds. The Kier molecular flexibility index (Phi) is 9.95. The average Bonchev–Trinajstić information content (AvgIpc) is 4.04. The van der Waals surface area contributed by atoms with Gasteiger partial charge in [-0.1, -0.05) is 186 Å². The summed E-state index contributed by atoms with van der Waals surface area (Å²) in [5.41, 5.74) is 18.6. The van der Waals surface area contributed by atoms with Gasteiger partial charge < -0.3 is 13.7 Å². The molecule has 14 aromatic rings. The van der Waals surface area contributed by atoms with Crippen LogP contribution in [0.3, 0.4) is 0 Å². The van der Waals surface area contributed by atoms with E-state index < -0.39 is 0 Å². The van der Waals surface area contributed by atoms with Gasteiger partial charge in [0.1, 0.15) is 0 Å². The highest BCUT2D eigenvalue weighted by Gasteiger charge is 2.25. The monoisotopic (exact) mass is 998 g/mol. The molecule has 0 bridgehead atoms. The molecule has 0 fully saturated rings. The number of hydrogen-bond acceptors (Lipinski definition) is 0. The Morgan fingerprint density at radius 3 is 1.03 bits per heavy atom. The van der Waals surface area contributed by atoms with Gasteiger partial charge in [0.25, 0.3) is 0 Å². The number of nitrogens with zero attached hydrogens (tertiary/aromatic N) is 3. The van der Waals surface area contributed by atoms with Crippen LogP contribution in [0, 0.1) is 0 Å². The normalized spacial score (nSPS) is 13.2. The van der Waals surface area contributed by atoms with E-state index in [1.165, 1.54) is 131 Å². The van der Waals surface area contributed by atoms with E-state index in [-0.39, 0.29) is 21.7 Å². The molecule has 0 saturated heterocycles. The van der Waals surface area contributed by atoms with Gasteiger partial charge in [0.15, 0.2) is 0 Å². The number of hydrogen-bond donors (Lipinski definition) is 0. The smallest absolute Gasteiger partial charge is 0.0561 e. The first-order valence-electron chi connectivity index (χ1n) is 27.7. The Bertz CT molecular complexity index is 4380. The zero-order valence-electron chi connectivity index (χ0n) is 46.7. The van der Waals surface area contributed by atoms with E-state index in [1.54, 1.807) is 0 Å². The predicted molar refractivity (Wildman–Crippen MR) is 333 cm³/mol. The third-order valence-corrected chi connectivity index (χ3v) is 17.2. The van der Waals surface area contributed by atoms with E-state index in [1.807, 2.05) is 0 Å². The van der Waals surface area contributed by atoms with Crippen molar-refractivity contribution in [3.8, 4) is 28.2 Å². The lowest BCUT2D eigenvalue weighted by atomic mass is 9.85. The lowest BCUT2D eigenvalue weighted by molar-refractivity contribution is 0.590. The third-order valence-electron chi connectivity index (χ3n) is 17.2. The summed E-state index contributed by atoms with van der Waals surface area (Å²) in [4.78, 5) is 0. The van der Waals surface area contributed by atoms with Crippen LogP contribution in [0.2, 0.25) is 0 Å². The van der Waals surface area contributed by atoms with E-state index in [0.717, 1.165) is 17.1 Å². The molecule has 0 aliphatic heterocycles. The maximum Gasteiger partial charge on any atom is 0.0561 e. The Balaban J connectivity index is 1.06. The molecule has 11 aromatic carbocycles. The fourth-order valence-electron chi connectivity index (χ4n) is 12.8. The molecule has 0 N–H and O–H groups in total. The van der Waals surface area contributed by atoms with Crippen LogP contribution in [-0.2, 0) is 21.7 Å². The molecule has 77 heavy (non-hydrogen) atoms. The molecule has 3 aromatic heterocycles. The van der Waals surface area contributed by atoms with Gasteiger partial charge in [-0.05, 0) is 172 Å². The molecular formula is C74H67N3. The second kappa shape index (κ2) is 16.2. The molecular weight excluding hydrogens is 931 g/mol. The van der Waals surface area contributed by atoms with Crippen molar-refractivity contribution in [1.82, 2.24) is 13.7 Å². The van der Waals surface area contributed by atoms with Crippen LogP contribution < -0.4 is 0 Å². The van der Waals surface area contributed by atoms with Crippen LogP contribution in [0.4, 0.5) is 0 Å². The summed E-state index contributed by atoms with van der Waals surface area (Å²) in [6.45, 7) is 27.8. The second-order valence-corrected chi connectivity index (χ2v) is 26.4. The first kappa shape index (κ1) is 47.3. The van der Waals surface area contributed by atoms with Crippen molar-refractivity contribution in [3.05, 3.63) is 210 Å². The van der Waals surface area contributed by atoms with Gasteiger partial charge in [-0.2, -0.15) is 0 Å². The first-order valence-corrected chi connectivity index (χ1v) is 27.7. The molecule has 378 valence electrons. The van der Waals surface area contributed by atoms with Crippen LogP contribution in [-0.4, -0.2) is 13.7 Å². The van der Waals surface area contributed by atoms with Crippen LogP contribution in [0.25, 0.3) is 126 Å². The van der Waals surface area contributed by atoms with E-state index in [2.05, 4.69) is 285 Å². The van der Waals surface area contributed by atoms with E-state index in [0.29, 0.717) is 0 Å². The summed E-state index contributed by atoms with van der Waals surface area (Å²) >= 11 is 0. The summed E-state index contributed by atoms with van der Waals surface area (Å²) in [7, 11) is 0. The zero-order chi connectivity index (χ0) is 53.2. The number of fused-ring (bicyclic) bond motifs is 9. The van der Waals surface area contributed by atoms with Crippen LogP contribution >= 0.6 is 0 Å². The molecule has 0 saturated carbocycles. The van der Waals surface area contributed by atoms with E-state index in [9.17, 15) is 0 Å². The summed E-state index contributed by atoms with van der Waals surface area (Å²) in [5.74, 6) is 0. The van der Waals surface area contributed by atoms with Gasteiger partial charge >= 0.3 is 0 Å². The molecule has 0 spiro atoms. The second-order valence-electron chi connectivity index (χ2n) is 26.4. The fourth-order valence-corrected chi connectivity index (χ4v) is 12.8. The van der Waals surface area contributed by atoms with Gasteiger partial charge in [0, 0.05) is 49.4 Å². The van der Waals surface area contributed by atoms with Crippen molar-refractivity contribution in [2.24, 2.45) is 0 Å². The SMILES string of the molecule is CC(C)(C)c1ccc2c(c1)c1cc(C(C)(C)C)ccc1n2-c1ccc2c3ccc(-n4c5ccc(C(C)(C)C)cc5c5cc(C(C)(C)C)ccc54)cc3n(-c3cc4ccc5ccc(-c6ccccc6)c6ccc(c3)c4c56)c2c1. The summed E-state index contributed by atoms with van der Waals surface area (Å²) in [6.07, 6.45) is 0. The Morgan fingerprint density at radius 2 is 0.610 bits per heavy atom. The zero-order valence-corrected chi connectivity index (χ0v) is 46.7. The van der Waals surface area contributed by atoms with E-state index in [4.69, 9.17) is 0 Å². The van der Waals surface area contributed by atoms with Crippen molar-refractivity contribution < 1.29 is 0 Å². The lowest BCUT2D eigenvalue weighted by Gasteiger charge is -2.19. The van der Waals surface area contributed by atoms with Crippen molar-refractivity contribution in [3.63, 3.8) is 0 Å². The van der Waals surface area contributed by atoms with Crippen molar-refractivity contribution >= 4 is 97.7 Å². The first-order chi connectivity index (χ1) is 36.7. The third kappa shape index (κ3) is 7.30. The summed E-state index contributed by atoms with van der Waals surface area (Å²) in [6, 6.07) is 72.7. The molecule has 0 radical (unpaired) electrons. The van der Waals surface area contributed by atoms with Gasteiger partial charge in [-0.15, -0.1) is 0 Å². The largest absolute Gasteiger partial charge is 0.309 e. The lowest BCUT2D eigenvalue weighted by Crippen LogP contribution is -2.10. The number of aromatic nitrogens is 3. The summed E-state index contributed by atoms with van der Waals surface area (Å²) < 4.78 is 7.59. The number of rotatable bonds is 4. The van der Waals surface area contributed by atoms with Gasteiger partial charge in [0.2, 0.25) is 0 Å². The minimum atomic E-state index is 0.0132. The molecule has 14 rings (SSSR count). The van der Waals surface area contributed by atoms with Gasteiger partial charge in [-0.25, -0.2) is 0 Å². The standard InChI is InChI=1S/C74H67N3/c1-71(2,3)48-22-32-63-59(38-48)60-39-49(72(4,5)6)23-33-64(60)75(63)52-26-30-56-57-31-27-53(76-65-34-24-50(73(7,8)9)40-61(65)62-41-51(74(10,11)12)25-35-66(62)76)43-68(57)77(67(56)42-52)54-36-46-19-18-45-20-28-55(44-16-14-13-15-17-44)58-29-21-47(37-54)69(46)70(45)58/h13-43H,1-12H3. The Labute approximate surface area is 452 Å². The molecule has 3 heterocycles. The molecule has 0 aliphatic carbocycles. The molecule has 0 aliphatic rings. The van der Waals surface area contributed by atoms with Gasteiger partial charge in [0.05, 0.1) is 33.1 Å². The Hall–Kier alpha value is -8.14. The Morgan fingerprint density at radius 1 is 0.247 bits per heavy atom. The minimum Gasteiger partial charge on any atom is -0.309 e. The van der Waals surface area contributed by atoms with Crippen LogP contribution in [0.15, 0.2) is 188 Å². The molecule has 0 atom stereocenters. The van der Waals surface area contributed by atoms with Crippen molar-refractivity contribution in [1.29, 1.82) is 0 Å². The van der Waals surface area contributed by atoms with Crippen molar-refractivity contribution in [2.45, 2.75) is 105 Å². The van der Waals surface area contributed by atoms with Gasteiger partial charge in [-0.3, -0.25) is 0 Å². The maximum atomic E-state index is 2.56. The quantitative estimate of drug-likeness (QED) is 0.156.